The quantitative estimate of drug-likeness (QED) is 0.888. The lowest BCUT2D eigenvalue weighted by Gasteiger charge is -2.08. The average molecular weight is 283 g/mol. The predicted molar refractivity (Wildman–Crippen MR) is 69.3 cm³/mol. The molecule has 2 aromatic rings. The SMILES string of the molecule is CC(OCc1nc2ccc(Cl)cc2c(=O)[nH]1)C(=O)O. The van der Waals surface area contributed by atoms with Crippen LogP contribution in [-0.2, 0) is 16.1 Å². The van der Waals surface area contributed by atoms with Gasteiger partial charge in [0.05, 0.1) is 10.9 Å². The van der Waals surface area contributed by atoms with E-state index in [1.54, 1.807) is 12.1 Å². The summed E-state index contributed by atoms with van der Waals surface area (Å²) in [6.45, 7) is 1.32. The summed E-state index contributed by atoms with van der Waals surface area (Å²) < 4.78 is 5.06. The van der Waals surface area contributed by atoms with Crippen LogP contribution in [-0.4, -0.2) is 27.1 Å². The highest BCUT2D eigenvalue weighted by molar-refractivity contribution is 6.31. The zero-order chi connectivity index (χ0) is 14.0. The summed E-state index contributed by atoms with van der Waals surface area (Å²) in [5.74, 6) is -0.803. The first-order chi connectivity index (χ1) is 8.97. The molecule has 0 saturated heterocycles. The predicted octanol–water partition coefficient (Wildman–Crippen LogP) is 1.57. The molecule has 0 bridgehead atoms. The van der Waals surface area contributed by atoms with E-state index in [0.29, 0.717) is 15.9 Å². The number of halogens is 1. The molecular weight excluding hydrogens is 272 g/mol. The summed E-state index contributed by atoms with van der Waals surface area (Å²) in [5, 5.41) is 9.51. The zero-order valence-electron chi connectivity index (χ0n) is 10.0. The standard InChI is InChI=1S/C12H11ClN2O4/c1-6(12(17)18)19-5-10-14-9-3-2-7(13)4-8(9)11(16)15-10/h2-4,6H,5H2,1H3,(H,17,18)(H,14,15,16). The molecule has 1 heterocycles. The van der Waals surface area contributed by atoms with Crippen molar-refractivity contribution in [1.29, 1.82) is 0 Å². The lowest BCUT2D eigenvalue weighted by atomic mass is 10.2. The van der Waals surface area contributed by atoms with Gasteiger partial charge in [0.2, 0.25) is 0 Å². The number of hydrogen-bond donors (Lipinski definition) is 2. The highest BCUT2D eigenvalue weighted by atomic mass is 35.5. The Morgan fingerprint density at radius 1 is 1.58 bits per heavy atom. The van der Waals surface area contributed by atoms with Gasteiger partial charge in [0.1, 0.15) is 12.4 Å². The second kappa shape index (κ2) is 5.38. The van der Waals surface area contributed by atoms with Gasteiger partial charge in [-0.3, -0.25) is 4.79 Å². The number of carboxylic acid groups (broad SMARTS) is 1. The van der Waals surface area contributed by atoms with Gasteiger partial charge in [0, 0.05) is 5.02 Å². The number of aromatic nitrogens is 2. The van der Waals surface area contributed by atoms with Gasteiger partial charge in [-0.25, -0.2) is 9.78 Å². The number of ether oxygens (including phenoxy) is 1. The Bertz CT molecular complexity index is 683. The maximum absolute atomic E-state index is 11.8. The highest BCUT2D eigenvalue weighted by Crippen LogP contribution is 2.14. The minimum Gasteiger partial charge on any atom is -0.479 e. The molecule has 2 N–H and O–H groups in total. The van der Waals surface area contributed by atoms with Gasteiger partial charge in [-0.1, -0.05) is 11.6 Å². The second-order valence-corrected chi connectivity index (χ2v) is 4.40. The van der Waals surface area contributed by atoms with Gasteiger partial charge in [0.15, 0.2) is 6.10 Å². The average Bonchev–Trinajstić information content (AvgIpc) is 2.36. The number of rotatable bonds is 4. The first kappa shape index (κ1) is 13.5. The van der Waals surface area contributed by atoms with Crippen molar-refractivity contribution in [2.45, 2.75) is 19.6 Å². The smallest absolute Gasteiger partial charge is 0.332 e. The van der Waals surface area contributed by atoms with Crippen LogP contribution in [0.25, 0.3) is 10.9 Å². The molecule has 1 unspecified atom stereocenters. The number of carboxylic acids is 1. The molecule has 1 aromatic carbocycles. The number of benzene rings is 1. The number of aliphatic carboxylic acids is 1. The van der Waals surface area contributed by atoms with Gasteiger partial charge in [-0.15, -0.1) is 0 Å². The van der Waals surface area contributed by atoms with Crippen molar-refractivity contribution in [2.75, 3.05) is 0 Å². The van der Waals surface area contributed by atoms with E-state index in [0.717, 1.165) is 0 Å². The van der Waals surface area contributed by atoms with Crippen LogP contribution in [0.2, 0.25) is 5.02 Å². The van der Waals surface area contributed by atoms with Crippen LogP contribution in [0.4, 0.5) is 0 Å². The summed E-state index contributed by atoms with van der Waals surface area (Å²) in [6.07, 6.45) is -0.966. The van der Waals surface area contributed by atoms with Crippen LogP contribution in [0.5, 0.6) is 0 Å². The van der Waals surface area contributed by atoms with E-state index in [9.17, 15) is 9.59 Å². The van der Waals surface area contributed by atoms with E-state index in [2.05, 4.69) is 9.97 Å². The minimum absolute atomic E-state index is 0.0821. The van der Waals surface area contributed by atoms with Crippen LogP contribution in [0.3, 0.4) is 0 Å². The Balaban J connectivity index is 2.29. The number of nitrogens with one attached hydrogen (secondary N) is 1. The molecule has 0 saturated carbocycles. The molecule has 0 radical (unpaired) electrons. The van der Waals surface area contributed by atoms with Gasteiger partial charge in [0.25, 0.3) is 5.56 Å². The van der Waals surface area contributed by atoms with Crippen molar-refractivity contribution in [3.8, 4) is 0 Å². The van der Waals surface area contributed by atoms with Crippen LogP contribution in [0.1, 0.15) is 12.7 Å². The topological polar surface area (TPSA) is 92.3 Å². The molecule has 0 aliphatic carbocycles. The zero-order valence-corrected chi connectivity index (χ0v) is 10.8. The van der Waals surface area contributed by atoms with Crippen molar-refractivity contribution in [3.63, 3.8) is 0 Å². The molecule has 6 nitrogen and oxygen atoms in total. The fourth-order valence-corrected chi connectivity index (χ4v) is 1.68. The number of H-pyrrole nitrogens is 1. The molecule has 0 amide bonds. The lowest BCUT2D eigenvalue weighted by molar-refractivity contribution is -0.150. The molecule has 0 aliphatic heterocycles. The van der Waals surface area contributed by atoms with E-state index >= 15 is 0 Å². The van der Waals surface area contributed by atoms with E-state index < -0.39 is 12.1 Å². The summed E-state index contributed by atoms with van der Waals surface area (Å²) in [7, 11) is 0. The molecule has 19 heavy (non-hydrogen) atoms. The summed E-state index contributed by atoms with van der Waals surface area (Å²) >= 11 is 5.80. The Kier molecular flexibility index (Phi) is 3.82. The maximum atomic E-state index is 11.8. The Morgan fingerprint density at radius 2 is 2.32 bits per heavy atom. The van der Waals surface area contributed by atoms with Crippen molar-refractivity contribution in [2.24, 2.45) is 0 Å². The Hall–Kier alpha value is -1.92. The number of carbonyl (C=O) groups is 1. The van der Waals surface area contributed by atoms with E-state index in [1.807, 2.05) is 0 Å². The van der Waals surface area contributed by atoms with Gasteiger partial charge in [-0.05, 0) is 25.1 Å². The molecule has 7 heteroatoms. The van der Waals surface area contributed by atoms with E-state index in [1.165, 1.54) is 13.0 Å². The van der Waals surface area contributed by atoms with Crippen LogP contribution < -0.4 is 5.56 Å². The van der Waals surface area contributed by atoms with Crippen LogP contribution in [0, 0.1) is 0 Å². The number of hydrogen-bond acceptors (Lipinski definition) is 4. The van der Waals surface area contributed by atoms with E-state index in [-0.39, 0.29) is 18.0 Å². The summed E-state index contributed by atoms with van der Waals surface area (Å²) in [4.78, 5) is 29.1. The third kappa shape index (κ3) is 3.10. The molecule has 0 fully saturated rings. The Labute approximate surface area is 113 Å². The van der Waals surface area contributed by atoms with Gasteiger partial charge >= 0.3 is 5.97 Å². The molecule has 0 spiro atoms. The van der Waals surface area contributed by atoms with Crippen molar-refractivity contribution in [1.82, 2.24) is 9.97 Å². The van der Waals surface area contributed by atoms with E-state index in [4.69, 9.17) is 21.4 Å². The van der Waals surface area contributed by atoms with Crippen molar-refractivity contribution < 1.29 is 14.6 Å². The summed E-state index contributed by atoms with van der Waals surface area (Å²) in [5.41, 5.74) is 0.142. The third-order valence-corrected chi connectivity index (χ3v) is 2.77. The number of aromatic amines is 1. The lowest BCUT2D eigenvalue weighted by Crippen LogP contribution is -2.21. The van der Waals surface area contributed by atoms with Crippen LogP contribution >= 0.6 is 11.6 Å². The molecule has 2 rings (SSSR count). The molecule has 100 valence electrons. The fraction of sp³-hybridized carbons (Fsp3) is 0.250. The molecule has 0 aliphatic rings. The fourth-order valence-electron chi connectivity index (χ4n) is 1.50. The molecular formula is C12H11ClN2O4. The number of fused-ring (bicyclic) bond motifs is 1. The normalized spacial score (nSPS) is 12.5. The molecule has 1 aromatic heterocycles. The first-order valence-electron chi connectivity index (χ1n) is 5.50. The van der Waals surface area contributed by atoms with Gasteiger partial charge in [-0.2, -0.15) is 0 Å². The second-order valence-electron chi connectivity index (χ2n) is 3.97. The highest BCUT2D eigenvalue weighted by Gasteiger charge is 2.12. The number of nitrogens with zero attached hydrogens (tertiary/aromatic N) is 1. The minimum atomic E-state index is -1.07. The molecule has 1 atom stereocenters. The third-order valence-electron chi connectivity index (χ3n) is 2.53. The van der Waals surface area contributed by atoms with Crippen LogP contribution in [0.15, 0.2) is 23.0 Å². The van der Waals surface area contributed by atoms with Crippen molar-refractivity contribution in [3.05, 3.63) is 39.4 Å². The summed E-state index contributed by atoms with van der Waals surface area (Å²) in [6, 6.07) is 4.77. The van der Waals surface area contributed by atoms with Crippen molar-refractivity contribution >= 4 is 28.5 Å². The first-order valence-corrected chi connectivity index (χ1v) is 5.88. The largest absolute Gasteiger partial charge is 0.479 e. The monoisotopic (exact) mass is 282 g/mol. The Morgan fingerprint density at radius 3 is 3.00 bits per heavy atom. The van der Waals surface area contributed by atoms with Gasteiger partial charge < -0.3 is 14.8 Å². The maximum Gasteiger partial charge on any atom is 0.332 e.